The van der Waals surface area contributed by atoms with Crippen molar-refractivity contribution in [2.75, 3.05) is 45.2 Å². The zero-order chi connectivity index (χ0) is 30.2. The van der Waals surface area contributed by atoms with E-state index >= 15 is 0 Å². The van der Waals surface area contributed by atoms with Crippen LogP contribution in [0.15, 0.2) is 39.1 Å². The number of hydrogen-bond acceptors (Lipinski definition) is 10. The normalized spacial score (nSPS) is 16.3. The third-order valence-electron chi connectivity index (χ3n) is 7.15. The minimum Gasteiger partial charge on any atom is -0.377 e. The number of alkyl halides is 3. The largest absolute Gasteiger partial charge is 0.418 e. The number of halogens is 3. The van der Waals surface area contributed by atoms with E-state index in [0.29, 0.717) is 43.4 Å². The zero-order valence-electron chi connectivity index (χ0n) is 23.5. The van der Waals surface area contributed by atoms with E-state index < -0.39 is 21.8 Å². The molecular weight excluding hydrogens is 593 g/mol. The highest BCUT2D eigenvalue weighted by atomic mass is 32.2. The summed E-state index contributed by atoms with van der Waals surface area (Å²) in [6, 6.07) is 7.02. The van der Waals surface area contributed by atoms with Gasteiger partial charge in [-0.15, -0.1) is 11.3 Å². The van der Waals surface area contributed by atoms with Crippen LogP contribution in [0.3, 0.4) is 0 Å². The Morgan fingerprint density at radius 3 is 2.50 bits per heavy atom. The number of nitrogens with zero attached hydrogens (tertiary/aromatic N) is 5. The topological polar surface area (TPSA) is 114 Å². The molecule has 1 aromatic carbocycles. The summed E-state index contributed by atoms with van der Waals surface area (Å²) in [5, 5.41) is 7.46. The van der Waals surface area contributed by atoms with Gasteiger partial charge in [-0.1, -0.05) is 11.2 Å². The van der Waals surface area contributed by atoms with Crippen LogP contribution in [0.25, 0.3) is 21.5 Å². The molecule has 1 atom stereocenters. The molecule has 3 aromatic heterocycles. The Morgan fingerprint density at radius 2 is 1.86 bits per heavy atom. The number of methoxy groups -OCH3 is 1. The van der Waals surface area contributed by atoms with Crippen molar-refractivity contribution in [2.24, 2.45) is 0 Å². The maximum atomic E-state index is 13.7. The molecular formula is C27H31F3N6O4S2. The summed E-state index contributed by atoms with van der Waals surface area (Å²) in [6.07, 6.45) is -4.57. The van der Waals surface area contributed by atoms with Gasteiger partial charge in [0.15, 0.2) is 11.6 Å². The Bertz CT molecular complexity index is 1680. The molecule has 4 heterocycles. The van der Waals surface area contributed by atoms with Crippen LogP contribution in [0.5, 0.6) is 0 Å². The SMILES string of the molecule is COCc1nc(NC(C)CN2CCN(S(=O)(=O)c3ccc(-c4onc(C)c4C)s3)CC2)c2cccc(C(F)(F)F)c2n1. The van der Waals surface area contributed by atoms with Gasteiger partial charge in [0.1, 0.15) is 16.6 Å². The maximum Gasteiger partial charge on any atom is 0.418 e. The molecule has 0 radical (unpaired) electrons. The number of ether oxygens (including phenoxy) is 1. The number of fused-ring (bicyclic) bond motifs is 1. The predicted molar refractivity (Wildman–Crippen MR) is 153 cm³/mol. The van der Waals surface area contributed by atoms with E-state index in [4.69, 9.17) is 9.26 Å². The lowest BCUT2D eigenvalue weighted by molar-refractivity contribution is -0.136. The Labute approximate surface area is 245 Å². The maximum absolute atomic E-state index is 13.7. The van der Waals surface area contributed by atoms with Gasteiger partial charge in [0.2, 0.25) is 0 Å². The third-order valence-corrected chi connectivity index (χ3v) is 10.6. The molecule has 15 heteroatoms. The quantitative estimate of drug-likeness (QED) is 0.277. The summed E-state index contributed by atoms with van der Waals surface area (Å²) in [6.45, 7) is 7.75. The van der Waals surface area contributed by atoms with Crippen LogP contribution in [0.1, 0.15) is 29.6 Å². The van der Waals surface area contributed by atoms with Gasteiger partial charge in [-0.05, 0) is 45.0 Å². The van der Waals surface area contributed by atoms with Gasteiger partial charge in [0.05, 0.1) is 21.7 Å². The second kappa shape index (κ2) is 11.9. The molecule has 4 aromatic rings. The standard InChI is InChI=1S/C27H31F3N6O4S2/c1-16(31-26-19-6-5-7-20(27(28,29)30)24(19)32-22(33-26)15-39-4)14-35-10-12-36(13-11-35)42(37,38)23-9-8-21(41-23)25-17(2)18(3)34-40-25/h5-9,16H,10-15H2,1-4H3,(H,31,32,33). The van der Waals surface area contributed by atoms with Crippen molar-refractivity contribution in [1.82, 2.24) is 24.3 Å². The number of para-hydroxylation sites is 1. The molecule has 0 aliphatic carbocycles. The van der Waals surface area contributed by atoms with Crippen LogP contribution in [-0.4, -0.2) is 78.6 Å². The average molecular weight is 625 g/mol. The van der Waals surface area contributed by atoms with Gasteiger partial charge in [-0.2, -0.15) is 17.5 Å². The second-order valence-corrected chi connectivity index (χ2v) is 13.5. The summed E-state index contributed by atoms with van der Waals surface area (Å²) >= 11 is 1.16. The number of benzene rings is 1. The van der Waals surface area contributed by atoms with Crippen LogP contribution in [0.2, 0.25) is 0 Å². The number of anilines is 1. The van der Waals surface area contributed by atoms with Gasteiger partial charge in [0, 0.05) is 56.8 Å². The average Bonchev–Trinajstić information content (AvgIpc) is 3.55. The Balaban J connectivity index is 1.25. The summed E-state index contributed by atoms with van der Waals surface area (Å²) in [7, 11) is -2.25. The number of piperazine rings is 1. The first-order chi connectivity index (χ1) is 19.9. The van der Waals surface area contributed by atoms with Crippen LogP contribution in [0.4, 0.5) is 19.0 Å². The van der Waals surface area contributed by atoms with Gasteiger partial charge in [0.25, 0.3) is 10.0 Å². The fraction of sp³-hybridized carbons (Fsp3) is 0.444. The summed E-state index contributed by atoms with van der Waals surface area (Å²) < 4.78 is 80.0. The van der Waals surface area contributed by atoms with Gasteiger partial charge in [-0.3, -0.25) is 4.90 Å². The van der Waals surface area contributed by atoms with E-state index in [2.05, 4.69) is 25.3 Å². The summed E-state index contributed by atoms with van der Waals surface area (Å²) in [4.78, 5) is 11.4. The lowest BCUT2D eigenvalue weighted by Gasteiger charge is -2.35. The van der Waals surface area contributed by atoms with Crippen molar-refractivity contribution in [3.8, 4) is 10.6 Å². The molecule has 5 rings (SSSR count). The van der Waals surface area contributed by atoms with Crippen LogP contribution >= 0.6 is 11.3 Å². The Morgan fingerprint density at radius 1 is 1.12 bits per heavy atom. The third kappa shape index (κ3) is 6.15. The molecule has 0 bridgehead atoms. The van der Waals surface area contributed by atoms with Gasteiger partial charge < -0.3 is 14.6 Å². The summed E-state index contributed by atoms with van der Waals surface area (Å²) in [5.41, 5.74) is 0.613. The van der Waals surface area contributed by atoms with E-state index in [0.717, 1.165) is 28.7 Å². The Kier molecular flexibility index (Phi) is 8.58. The highest BCUT2D eigenvalue weighted by Gasteiger charge is 2.34. The molecule has 1 saturated heterocycles. The molecule has 0 amide bonds. The van der Waals surface area contributed by atoms with E-state index in [9.17, 15) is 21.6 Å². The highest BCUT2D eigenvalue weighted by Crippen LogP contribution is 2.37. The van der Waals surface area contributed by atoms with E-state index in [1.54, 1.807) is 18.2 Å². The van der Waals surface area contributed by atoms with Crippen molar-refractivity contribution in [3.05, 3.63) is 53.0 Å². The van der Waals surface area contributed by atoms with Crippen molar-refractivity contribution in [2.45, 2.75) is 43.8 Å². The minimum absolute atomic E-state index is 0.0367. The van der Waals surface area contributed by atoms with Crippen LogP contribution in [0, 0.1) is 13.8 Å². The second-order valence-electron chi connectivity index (χ2n) is 10.2. The first-order valence-electron chi connectivity index (χ1n) is 13.3. The minimum atomic E-state index is -4.57. The van der Waals surface area contributed by atoms with Crippen LogP contribution in [-0.2, 0) is 27.5 Å². The number of hydrogen-bond donors (Lipinski definition) is 1. The lowest BCUT2D eigenvalue weighted by atomic mass is 10.1. The molecule has 1 aliphatic rings. The first-order valence-corrected chi connectivity index (χ1v) is 15.5. The highest BCUT2D eigenvalue weighted by molar-refractivity contribution is 7.91. The predicted octanol–water partition coefficient (Wildman–Crippen LogP) is 4.94. The number of aryl methyl sites for hydroxylation is 1. The van der Waals surface area contributed by atoms with Gasteiger partial charge >= 0.3 is 6.18 Å². The van der Waals surface area contributed by atoms with E-state index in [1.807, 2.05) is 20.8 Å². The van der Waals surface area contributed by atoms with Crippen LogP contribution < -0.4 is 5.32 Å². The number of nitrogens with one attached hydrogen (secondary N) is 1. The number of aromatic nitrogens is 3. The molecule has 226 valence electrons. The molecule has 1 N–H and O–H groups in total. The zero-order valence-corrected chi connectivity index (χ0v) is 25.2. The fourth-order valence-electron chi connectivity index (χ4n) is 4.90. The number of thiophene rings is 1. The van der Waals surface area contributed by atoms with Crippen molar-refractivity contribution >= 4 is 38.1 Å². The molecule has 1 aliphatic heterocycles. The molecule has 1 unspecified atom stereocenters. The van der Waals surface area contributed by atoms with E-state index in [1.165, 1.54) is 17.5 Å². The molecule has 0 saturated carbocycles. The fourth-order valence-corrected chi connectivity index (χ4v) is 7.82. The molecule has 1 fully saturated rings. The van der Waals surface area contributed by atoms with Gasteiger partial charge in [-0.25, -0.2) is 18.4 Å². The number of sulfonamides is 1. The summed E-state index contributed by atoms with van der Waals surface area (Å²) in [5.74, 6) is 1.00. The first kappa shape index (κ1) is 30.4. The molecule has 0 spiro atoms. The lowest BCUT2D eigenvalue weighted by Crippen LogP contribution is -2.50. The number of rotatable bonds is 9. The van der Waals surface area contributed by atoms with Crippen molar-refractivity contribution in [3.63, 3.8) is 0 Å². The van der Waals surface area contributed by atoms with E-state index in [-0.39, 0.29) is 39.4 Å². The monoisotopic (exact) mass is 624 g/mol. The van der Waals surface area contributed by atoms with Crippen molar-refractivity contribution < 1.29 is 30.8 Å². The molecule has 42 heavy (non-hydrogen) atoms. The van der Waals surface area contributed by atoms with Crippen molar-refractivity contribution in [1.29, 1.82) is 0 Å². The smallest absolute Gasteiger partial charge is 0.377 e. The Hall–Kier alpha value is -3.11. The molecule has 10 nitrogen and oxygen atoms in total.